The van der Waals surface area contributed by atoms with Crippen molar-refractivity contribution in [3.05, 3.63) is 0 Å². The van der Waals surface area contributed by atoms with Crippen LogP contribution in [-0.4, -0.2) is 19.8 Å². The monoisotopic (exact) mass is 359 g/mol. The van der Waals surface area contributed by atoms with Crippen molar-refractivity contribution in [2.75, 3.05) is 0 Å². The molecule has 23 heavy (non-hydrogen) atoms. The van der Waals surface area contributed by atoms with E-state index in [-0.39, 0.29) is 6.42 Å². The highest BCUT2D eigenvalue weighted by Gasteiger charge is 2.46. The van der Waals surface area contributed by atoms with Gasteiger partial charge >= 0.3 is 15.5 Å². The molecule has 4 nitrogen and oxygen atoms in total. The first-order chi connectivity index (χ1) is 10.6. The molecule has 0 fully saturated rings. The maximum absolute atomic E-state index is 12.1. The van der Waals surface area contributed by atoms with Crippen LogP contribution in [0.2, 0.25) is 0 Å². The highest BCUT2D eigenvalue weighted by atomic mass is 32.2. The van der Waals surface area contributed by atoms with Crippen molar-refractivity contribution in [2.24, 2.45) is 5.92 Å². The first kappa shape index (κ1) is 22.2. The van der Waals surface area contributed by atoms with Gasteiger partial charge in [-0.15, -0.1) is 0 Å². The van der Waals surface area contributed by atoms with Gasteiger partial charge in [0.1, 0.15) is 0 Å². The summed E-state index contributed by atoms with van der Waals surface area (Å²) in [7, 11) is -5.56. The van der Waals surface area contributed by atoms with Crippen molar-refractivity contribution in [3.8, 4) is 0 Å². The summed E-state index contributed by atoms with van der Waals surface area (Å²) in [4.78, 5) is 11.2. The maximum atomic E-state index is 12.1. The van der Waals surface area contributed by atoms with E-state index in [0.717, 1.165) is 29.9 Å². The van der Waals surface area contributed by atoms with Crippen molar-refractivity contribution >= 4 is 15.9 Å². The Bertz CT molecular complexity index is 434. The molecule has 138 valence electrons. The summed E-state index contributed by atoms with van der Waals surface area (Å²) in [6.45, 7) is 4.41. The van der Waals surface area contributed by atoms with Gasteiger partial charge in [0, 0.05) is 6.42 Å². The summed E-state index contributed by atoms with van der Waals surface area (Å²) in [6.07, 6.45) is 8.84. The Kier molecular flexibility index (Phi) is 10.5. The standard InChI is InChI=1S/C15H28F3NO3S/c1-13(2)11-9-7-5-3-4-6-8-10-12-14(20)19-23(21,22)15(16,17)18/h13H,3-12H2,1-2H3,(H,19,20). The van der Waals surface area contributed by atoms with Crippen LogP contribution in [0.5, 0.6) is 0 Å². The number of hydrogen-bond donors (Lipinski definition) is 1. The Morgan fingerprint density at radius 2 is 1.35 bits per heavy atom. The lowest BCUT2D eigenvalue weighted by molar-refractivity contribution is -0.120. The Balaban J connectivity index is 3.57. The van der Waals surface area contributed by atoms with E-state index in [0.29, 0.717) is 12.8 Å². The second-order valence-electron chi connectivity index (χ2n) is 6.24. The summed E-state index contributed by atoms with van der Waals surface area (Å²) in [5, 5.41) is 0. The predicted octanol–water partition coefficient (Wildman–Crippen LogP) is 4.51. The van der Waals surface area contributed by atoms with E-state index >= 15 is 0 Å². The number of halogens is 3. The smallest absolute Gasteiger partial charge is 0.274 e. The zero-order valence-corrected chi connectivity index (χ0v) is 14.7. The van der Waals surface area contributed by atoms with Crippen molar-refractivity contribution in [2.45, 2.75) is 83.6 Å². The SMILES string of the molecule is CC(C)CCCCCCCCCCC(=O)NS(=O)(=O)C(F)(F)F. The van der Waals surface area contributed by atoms with Crippen LogP contribution in [0, 0.1) is 5.92 Å². The van der Waals surface area contributed by atoms with E-state index in [4.69, 9.17) is 0 Å². The first-order valence-corrected chi connectivity index (χ1v) is 9.66. The number of alkyl halides is 3. The fourth-order valence-electron chi connectivity index (χ4n) is 2.16. The van der Waals surface area contributed by atoms with Crippen LogP contribution in [0.1, 0.15) is 78.1 Å². The normalized spacial score (nSPS) is 12.6. The number of sulfonamides is 1. The van der Waals surface area contributed by atoms with E-state index in [1.54, 1.807) is 0 Å². The summed E-state index contributed by atoms with van der Waals surface area (Å²) < 4.78 is 58.6. The van der Waals surface area contributed by atoms with Crippen LogP contribution in [0.15, 0.2) is 0 Å². The van der Waals surface area contributed by atoms with Crippen LogP contribution < -0.4 is 4.72 Å². The highest BCUT2D eigenvalue weighted by molar-refractivity contribution is 7.90. The highest BCUT2D eigenvalue weighted by Crippen LogP contribution is 2.21. The quantitative estimate of drug-likeness (QED) is 0.522. The average Bonchev–Trinajstić information content (AvgIpc) is 2.38. The molecule has 0 unspecified atom stereocenters. The second-order valence-corrected chi connectivity index (χ2v) is 7.91. The number of carbonyl (C=O) groups is 1. The van der Waals surface area contributed by atoms with Gasteiger partial charge in [0.05, 0.1) is 0 Å². The van der Waals surface area contributed by atoms with Crippen molar-refractivity contribution in [1.82, 2.24) is 4.72 Å². The molecule has 8 heteroatoms. The molecule has 0 aromatic carbocycles. The molecular weight excluding hydrogens is 331 g/mol. The minimum absolute atomic E-state index is 0.205. The van der Waals surface area contributed by atoms with Gasteiger partial charge in [-0.05, 0) is 12.3 Å². The van der Waals surface area contributed by atoms with E-state index in [1.165, 1.54) is 25.7 Å². The molecule has 0 aromatic rings. The molecule has 0 aliphatic heterocycles. The zero-order valence-electron chi connectivity index (χ0n) is 13.9. The zero-order chi connectivity index (χ0) is 17.9. The number of nitrogens with one attached hydrogen (secondary N) is 1. The van der Waals surface area contributed by atoms with Crippen LogP contribution in [0.3, 0.4) is 0 Å². The molecule has 0 saturated carbocycles. The van der Waals surface area contributed by atoms with Crippen LogP contribution in [0.4, 0.5) is 13.2 Å². The fraction of sp³-hybridized carbons (Fsp3) is 0.933. The maximum Gasteiger partial charge on any atom is 0.516 e. The van der Waals surface area contributed by atoms with Crippen LogP contribution in [-0.2, 0) is 14.8 Å². The number of rotatable bonds is 12. The number of unbranched alkanes of at least 4 members (excludes halogenated alkanes) is 7. The Labute approximate surface area is 137 Å². The lowest BCUT2D eigenvalue weighted by atomic mass is 10.0. The van der Waals surface area contributed by atoms with Crippen molar-refractivity contribution in [1.29, 1.82) is 0 Å². The van der Waals surface area contributed by atoms with E-state index in [1.807, 2.05) is 0 Å². The second kappa shape index (κ2) is 10.9. The largest absolute Gasteiger partial charge is 0.516 e. The van der Waals surface area contributed by atoms with Gasteiger partial charge in [0.15, 0.2) is 0 Å². The summed E-state index contributed by atoms with van der Waals surface area (Å²) >= 11 is 0. The molecule has 0 rings (SSSR count). The summed E-state index contributed by atoms with van der Waals surface area (Å²) in [5.41, 5.74) is -5.45. The molecule has 1 amide bonds. The Hall–Kier alpha value is -0.790. The minimum Gasteiger partial charge on any atom is -0.274 e. The number of hydrogen-bond acceptors (Lipinski definition) is 3. The molecule has 0 heterocycles. The lowest BCUT2D eigenvalue weighted by Crippen LogP contribution is -2.40. The van der Waals surface area contributed by atoms with Crippen molar-refractivity contribution < 1.29 is 26.4 Å². The average molecular weight is 359 g/mol. The van der Waals surface area contributed by atoms with Gasteiger partial charge < -0.3 is 0 Å². The van der Waals surface area contributed by atoms with Crippen molar-refractivity contribution in [3.63, 3.8) is 0 Å². The minimum atomic E-state index is -5.56. The van der Waals surface area contributed by atoms with Gasteiger partial charge in [-0.1, -0.05) is 65.2 Å². The third-order valence-electron chi connectivity index (χ3n) is 3.49. The van der Waals surface area contributed by atoms with Gasteiger partial charge in [-0.3, -0.25) is 4.79 Å². The van der Waals surface area contributed by atoms with E-state index in [9.17, 15) is 26.4 Å². The molecule has 0 bridgehead atoms. The lowest BCUT2D eigenvalue weighted by Gasteiger charge is -2.09. The van der Waals surface area contributed by atoms with Gasteiger partial charge in [-0.25, -0.2) is 4.72 Å². The topological polar surface area (TPSA) is 63.2 Å². The Morgan fingerprint density at radius 1 is 0.913 bits per heavy atom. The molecule has 1 N–H and O–H groups in total. The van der Waals surface area contributed by atoms with Crippen LogP contribution in [0.25, 0.3) is 0 Å². The van der Waals surface area contributed by atoms with E-state index in [2.05, 4.69) is 13.8 Å². The van der Waals surface area contributed by atoms with Gasteiger partial charge in [0.2, 0.25) is 5.91 Å². The number of amides is 1. The van der Waals surface area contributed by atoms with Gasteiger partial charge in [-0.2, -0.15) is 21.6 Å². The molecule has 0 aliphatic carbocycles. The number of carbonyl (C=O) groups excluding carboxylic acids is 1. The van der Waals surface area contributed by atoms with E-state index < -0.39 is 21.4 Å². The molecule has 0 atom stereocenters. The molecule has 0 aliphatic rings. The summed E-state index contributed by atoms with van der Waals surface area (Å²) in [6, 6.07) is 0. The molecule has 0 spiro atoms. The summed E-state index contributed by atoms with van der Waals surface area (Å²) in [5.74, 6) is -0.363. The predicted molar refractivity (Wildman–Crippen MR) is 84.1 cm³/mol. The third-order valence-corrected chi connectivity index (χ3v) is 4.59. The molecule has 0 aromatic heterocycles. The Morgan fingerprint density at radius 3 is 1.78 bits per heavy atom. The first-order valence-electron chi connectivity index (χ1n) is 8.18. The van der Waals surface area contributed by atoms with Crippen LogP contribution >= 0.6 is 0 Å². The third kappa shape index (κ3) is 11.4. The molecule has 0 saturated heterocycles. The fourth-order valence-corrected chi connectivity index (χ4v) is 2.68. The van der Waals surface area contributed by atoms with Gasteiger partial charge in [0.25, 0.3) is 0 Å². The molecular formula is C15H28F3NO3S. The molecule has 0 radical (unpaired) electrons.